The maximum atomic E-state index is 12.8. The highest BCUT2D eigenvalue weighted by molar-refractivity contribution is 5.89. The van der Waals surface area contributed by atoms with Crippen molar-refractivity contribution in [3.63, 3.8) is 0 Å². The van der Waals surface area contributed by atoms with E-state index in [4.69, 9.17) is 4.74 Å². The zero-order chi connectivity index (χ0) is 21.5. The maximum absolute atomic E-state index is 12.8. The largest absolute Gasteiger partial charge is 0.465 e. The number of rotatable bonds is 3. The van der Waals surface area contributed by atoms with E-state index < -0.39 is 29.4 Å². The summed E-state index contributed by atoms with van der Waals surface area (Å²) in [4.78, 5) is 26.4. The number of fused-ring (bicyclic) bond motifs is 3. The van der Waals surface area contributed by atoms with Crippen LogP contribution in [0, 0.1) is 28.1 Å². The number of nitriles is 2. The average Bonchev–Trinajstić information content (AvgIpc) is 3.10. The van der Waals surface area contributed by atoms with Crippen LogP contribution in [0.4, 0.5) is 0 Å². The van der Waals surface area contributed by atoms with Crippen LogP contribution in [-0.2, 0) is 9.53 Å². The molecule has 0 aromatic heterocycles. The summed E-state index contributed by atoms with van der Waals surface area (Å²) < 4.78 is 4.75. The van der Waals surface area contributed by atoms with Crippen molar-refractivity contribution in [1.29, 1.82) is 10.5 Å². The van der Waals surface area contributed by atoms with Gasteiger partial charge in [0, 0.05) is 12.1 Å². The highest BCUT2D eigenvalue weighted by Crippen LogP contribution is 2.59. The molecule has 0 bridgehead atoms. The minimum Gasteiger partial charge on any atom is -0.465 e. The number of ketones is 1. The highest BCUT2D eigenvalue weighted by Gasteiger charge is 2.63. The third-order valence-corrected chi connectivity index (χ3v) is 6.05. The molecule has 0 N–H and O–H groups in total. The predicted molar refractivity (Wildman–Crippen MR) is 109 cm³/mol. The van der Waals surface area contributed by atoms with Crippen LogP contribution in [0.1, 0.15) is 45.9 Å². The lowest BCUT2D eigenvalue weighted by Crippen LogP contribution is -2.36. The Labute approximate surface area is 174 Å². The van der Waals surface area contributed by atoms with Gasteiger partial charge >= 0.3 is 5.97 Å². The van der Waals surface area contributed by atoms with Crippen LogP contribution in [0.3, 0.4) is 0 Å². The molecule has 30 heavy (non-hydrogen) atoms. The van der Waals surface area contributed by atoms with Gasteiger partial charge in [-0.3, -0.25) is 4.79 Å². The fourth-order valence-electron chi connectivity index (χ4n) is 4.77. The van der Waals surface area contributed by atoms with E-state index in [0.29, 0.717) is 11.1 Å². The molecule has 1 fully saturated rings. The van der Waals surface area contributed by atoms with Crippen LogP contribution in [0.15, 0.2) is 54.7 Å². The van der Waals surface area contributed by atoms with Crippen LogP contribution in [0.5, 0.6) is 0 Å². The van der Waals surface area contributed by atoms with Crippen molar-refractivity contribution in [2.24, 2.45) is 5.41 Å². The molecule has 0 aliphatic carbocycles. The number of esters is 1. The number of carbonyl (C=O) groups is 2. The number of ether oxygens (including phenoxy) is 1. The fourth-order valence-corrected chi connectivity index (χ4v) is 4.77. The van der Waals surface area contributed by atoms with Crippen molar-refractivity contribution >= 4 is 17.8 Å². The maximum Gasteiger partial charge on any atom is 0.337 e. The molecule has 0 radical (unpaired) electrons. The van der Waals surface area contributed by atoms with Gasteiger partial charge in [0.2, 0.25) is 0 Å². The van der Waals surface area contributed by atoms with Crippen LogP contribution in [0.25, 0.3) is 6.08 Å². The lowest BCUT2D eigenvalue weighted by atomic mass is 9.67. The SMILES string of the molecule is COC(=O)c1ccc([C@@H]2[C@@H](C(C)=O)N3C=Cc4ccccc4[C@@H]3C2(C#N)C#N)cc1. The van der Waals surface area contributed by atoms with Crippen molar-refractivity contribution in [1.82, 2.24) is 4.90 Å². The third kappa shape index (κ3) is 2.62. The Bertz CT molecular complexity index is 1120. The number of benzene rings is 2. The van der Waals surface area contributed by atoms with Gasteiger partial charge in [0.15, 0.2) is 11.2 Å². The van der Waals surface area contributed by atoms with Crippen molar-refractivity contribution in [2.75, 3.05) is 7.11 Å². The molecule has 2 aromatic carbocycles. The first-order chi connectivity index (χ1) is 14.5. The van der Waals surface area contributed by atoms with Gasteiger partial charge in [0.1, 0.15) is 0 Å². The Morgan fingerprint density at radius 3 is 2.33 bits per heavy atom. The summed E-state index contributed by atoms with van der Waals surface area (Å²) >= 11 is 0. The van der Waals surface area contributed by atoms with E-state index in [1.807, 2.05) is 41.4 Å². The monoisotopic (exact) mass is 397 g/mol. The van der Waals surface area contributed by atoms with Crippen LogP contribution in [0.2, 0.25) is 0 Å². The first kappa shape index (κ1) is 19.4. The number of hydrogen-bond acceptors (Lipinski definition) is 6. The lowest BCUT2D eigenvalue weighted by Gasteiger charge is -2.34. The zero-order valence-electron chi connectivity index (χ0n) is 16.6. The minimum atomic E-state index is -1.48. The number of methoxy groups -OCH3 is 1. The topological polar surface area (TPSA) is 94.2 Å². The van der Waals surface area contributed by atoms with Crippen LogP contribution in [-0.4, -0.2) is 29.8 Å². The standard InChI is InChI=1S/C24H19N3O3/c1-15(28)21-20(17-7-9-18(10-8-17)23(29)30-2)24(13-25,14-26)22-19-6-4-3-5-16(19)11-12-27(21)22/h3-12,20-22H,1-2H3/t20-,21-,22-/m1/s1. The first-order valence-corrected chi connectivity index (χ1v) is 9.54. The van der Waals surface area contributed by atoms with E-state index in [9.17, 15) is 20.1 Å². The molecule has 6 heteroatoms. The lowest BCUT2D eigenvalue weighted by molar-refractivity contribution is -0.121. The molecule has 2 aliphatic rings. The van der Waals surface area contributed by atoms with E-state index in [-0.39, 0.29) is 5.78 Å². The molecule has 2 aromatic rings. The molecule has 1 saturated heterocycles. The number of carbonyl (C=O) groups excluding carboxylic acids is 2. The minimum absolute atomic E-state index is 0.126. The Hall–Kier alpha value is -3.90. The van der Waals surface area contributed by atoms with E-state index >= 15 is 0 Å². The van der Waals surface area contributed by atoms with Crippen molar-refractivity contribution in [2.45, 2.75) is 24.9 Å². The van der Waals surface area contributed by atoms with Crippen molar-refractivity contribution in [3.05, 3.63) is 77.0 Å². The number of hydrogen-bond donors (Lipinski definition) is 0. The van der Waals surface area contributed by atoms with E-state index in [1.165, 1.54) is 14.0 Å². The Kier molecular flexibility index (Phi) is 4.64. The second-order valence-electron chi connectivity index (χ2n) is 7.53. The molecule has 2 aliphatic heterocycles. The quantitative estimate of drug-likeness (QED) is 0.735. The van der Waals surface area contributed by atoms with Gasteiger partial charge in [0.05, 0.1) is 36.9 Å². The summed E-state index contributed by atoms with van der Waals surface area (Å²) in [5.41, 5.74) is 1.32. The van der Waals surface area contributed by atoms with Gasteiger partial charge in [-0.1, -0.05) is 36.4 Å². The molecular weight excluding hydrogens is 378 g/mol. The number of Topliss-reactive ketones (excluding diaryl/α,β-unsaturated/α-hetero) is 1. The summed E-state index contributed by atoms with van der Waals surface area (Å²) in [5.74, 6) is -1.28. The summed E-state index contributed by atoms with van der Waals surface area (Å²) in [6, 6.07) is 17.5. The fraction of sp³-hybridized carbons (Fsp3) is 0.250. The number of nitrogens with zero attached hydrogens (tertiary/aromatic N) is 3. The van der Waals surface area contributed by atoms with Gasteiger partial charge < -0.3 is 9.64 Å². The molecule has 148 valence electrons. The molecule has 2 heterocycles. The van der Waals surface area contributed by atoms with Crippen molar-refractivity contribution < 1.29 is 14.3 Å². The Balaban J connectivity index is 1.92. The molecule has 3 atom stereocenters. The molecule has 6 nitrogen and oxygen atoms in total. The zero-order valence-corrected chi connectivity index (χ0v) is 16.6. The molecular formula is C24H19N3O3. The van der Waals surface area contributed by atoms with Gasteiger partial charge in [-0.2, -0.15) is 10.5 Å². The molecule has 0 unspecified atom stereocenters. The third-order valence-electron chi connectivity index (χ3n) is 6.05. The van der Waals surface area contributed by atoms with E-state index in [1.54, 1.807) is 24.3 Å². The van der Waals surface area contributed by atoms with Crippen LogP contribution >= 0.6 is 0 Å². The summed E-state index contributed by atoms with van der Waals surface area (Å²) in [6.45, 7) is 1.48. The van der Waals surface area contributed by atoms with Gasteiger partial charge in [-0.15, -0.1) is 0 Å². The normalized spacial score (nSPS) is 22.9. The van der Waals surface area contributed by atoms with E-state index in [0.717, 1.165) is 11.1 Å². The van der Waals surface area contributed by atoms with Gasteiger partial charge in [-0.25, -0.2) is 4.79 Å². The van der Waals surface area contributed by atoms with Gasteiger partial charge in [-0.05, 0) is 41.8 Å². The highest BCUT2D eigenvalue weighted by atomic mass is 16.5. The molecule has 0 saturated carbocycles. The van der Waals surface area contributed by atoms with Gasteiger partial charge in [0.25, 0.3) is 0 Å². The van der Waals surface area contributed by atoms with Crippen molar-refractivity contribution in [3.8, 4) is 12.1 Å². The Morgan fingerprint density at radius 1 is 1.07 bits per heavy atom. The summed E-state index contributed by atoms with van der Waals surface area (Å²) in [5, 5.41) is 20.6. The second-order valence-corrected chi connectivity index (χ2v) is 7.53. The smallest absolute Gasteiger partial charge is 0.337 e. The molecule has 0 amide bonds. The summed E-state index contributed by atoms with van der Waals surface area (Å²) in [6.07, 6.45) is 3.72. The van der Waals surface area contributed by atoms with Crippen LogP contribution < -0.4 is 0 Å². The molecule has 0 spiro atoms. The Morgan fingerprint density at radius 2 is 1.73 bits per heavy atom. The second kappa shape index (κ2) is 7.17. The average molecular weight is 397 g/mol. The molecule has 4 rings (SSSR count). The first-order valence-electron chi connectivity index (χ1n) is 9.54. The van der Waals surface area contributed by atoms with E-state index in [2.05, 4.69) is 12.1 Å². The predicted octanol–water partition coefficient (Wildman–Crippen LogP) is 3.59. The summed E-state index contributed by atoms with van der Waals surface area (Å²) in [7, 11) is 1.30.